The van der Waals surface area contributed by atoms with Crippen molar-refractivity contribution >= 4 is 54.6 Å². The Kier molecular flexibility index (Phi) is 8.52. The van der Waals surface area contributed by atoms with Gasteiger partial charge in [-0.05, 0) is 143 Å². The summed E-state index contributed by atoms with van der Waals surface area (Å²) in [4.78, 5) is 9.00. The van der Waals surface area contributed by atoms with Crippen molar-refractivity contribution in [2.24, 2.45) is 5.92 Å². The Morgan fingerprint density at radius 3 is 1.95 bits per heavy atom. The minimum Gasteiger partial charge on any atom is -0.264 e. The molecule has 0 bridgehead atoms. The van der Waals surface area contributed by atoms with Crippen molar-refractivity contribution in [3.05, 3.63) is 215 Å². The van der Waals surface area contributed by atoms with E-state index >= 15 is 0 Å². The molecule has 0 fully saturated rings. The molecule has 2 heteroatoms. The molecule has 3 aliphatic rings. The molecule has 3 aliphatic carbocycles. The van der Waals surface area contributed by atoms with E-state index in [9.17, 15) is 0 Å². The number of hydrogen-bond donors (Lipinski definition) is 0. The Morgan fingerprint density at radius 1 is 0.582 bits per heavy atom. The Balaban J connectivity index is 1.15. The van der Waals surface area contributed by atoms with Crippen LogP contribution in [0.25, 0.3) is 54.6 Å². The lowest BCUT2D eigenvalue weighted by atomic mass is 9.76. The molecule has 0 spiro atoms. The van der Waals surface area contributed by atoms with Crippen LogP contribution in [0.4, 0.5) is 0 Å². The summed E-state index contributed by atoms with van der Waals surface area (Å²) >= 11 is 0. The summed E-state index contributed by atoms with van der Waals surface area (Å²) in [5.41, 5.74) is 14.5. The molecule has 0 N–H and O–H groups in total. The number of aromatic nitrogens is 2. The minimum atomic E-state index is 0.233. The van der Waals surface area contributed by atoms with Crippen LogP contribution in [0.15, 0.2) is 188 Å². The van der Waals surface area contributed by atoms with Crippen LogP contribution in [-0.4, -0.2) is 9.97 Å². The highest BCUT2D eigenvalue weighted by molar-refractivity contribution is 6.25. The molecule has 2 aromatic heterocycles. The average molecular weight is 707 g/mol. The van der Waals surface area contributed by atoms with Gasteiger partial charge in [0, 0.05) is 30.7 Å². The highest BCUT2D eigenvalue weighted by Gasteiger charge is 2.26. The van der Waals surface area contributed by atoms with Crippen LogP contribution in [0.2, 0.25) is 0 Å². The van der Waals surface area contributed by atoms with Crippen molar-refractivity contribution in [2.45, 2.75) is 38.5 Å². The first-order valence-electron chi connectivity index (χ1n) is 19.7. The van der Waals surface area contributed by atoms with E-state index in [4.69, 9.17) is 0 Å². The molecule has 2 nitrogen and oxygen atoms in total. The zero-order valence-electron chi connectivity index (χ0n) is 31.1. The standard InChI is InChI=1S/C53H42N2/c1-35-13-10-24-51(53(35)36-25-26-50-47-21-5-4-19-45(47)46-20-7-9-23-49(46)52(50)32-36)48-22-8-6-18-44(48)43-17-3-2-16-42(43)41-30-39(37-14-11-27-54-33-37)29-40(31-41)38-15-12-28-55-34-38/h3-12,14-15,17-30,32-35,40H,2,13,16,31H2,1H3. The Morgan fingerprint density at radius 2 is 1.24 bits per heavy atom. The smallest absolute Gasteiger partial charge is 0.0346 e. The van der Waals surface area contributed by atoms with Gasteiger partial charge in [0.25, 0.3) is 0 Å². The van der Waals surface area contributed by atoms with Gasteiger partial charge in [0.2, 0.25) is 0 Å². The largest absolute Gasteiger partial charge is 0.264 e. The molecule has 0 saturated carbocycles. The molecule has 5 aromatic carbocycles. The van der Waals surface area contributed by atoms with Gasteiger partial charge in [0.15, 0.2) is 0 Å². The molecule has 10 rings (SSSR count). The lowest BCUT2D eigenvalue weighted by Gasteiger charge is -2.28. The highest BCUT2D eigenvalue weighted by Crippen LogP contribution is 2.46. The van der Waals surface area contributed by atoms with E-state index in [2.05, 4.69) is 163 Å². The summed E-state index contributed by atoms with van der Waals surface area (Å²) in [6, 6.07) is 42.6. The normalized spacial score (nSPS) is 18.6. The third-order valence-corrected chi connectivity index (χ3v) is 11.9. The van der Waals surface area contributed by atoms with Gasteiger partial charge in [-0.1, -0.05) is 140 Å². The Bertz CT molecular complexity index is 2780. The molecule has 264 valence electrons. The second kappa shape index (κ2) is 14.1. The number of nitrogens with zero attached hydrogens (tertiary/aromatic N) is 2. The molecule has 2 unspecified atom stereocenters. The van der Waals surface area contributed by atoms with Crippen molar-refractivity contribution in [3.8, 4) is 0 Å². The predicted molar refractivity (Wildman–Crippen MR) is 232 cm³/mol. The van der Waals surface area contributed by atoms with Crippen molar-refractivity contribution in [3.63, 3.8) is 0 Å². The van der Waals surface area contributed by atoms with Crippen molar-refractivity contribution < 1.29 is 0 Å². The fraction of sp³-hybridized carbons (Fsp3) is 0.132. The molecule has 0 radical (unpaired) electrons. The lowest BCUT2D eigenvalue weighted by Crippen LogP contribution is -2.10. The van der Waals surface area contributed by atoms with Gasteiger partial charge < -0.3 is 0 Å². The van der Waals surface area contributed by atoms with Crippen molar-refractivity contribution in [1.82, 2.24) is 9.97 Å². The maximum absolute atomic E-state index is 4.51. The van der Waals surface area contributed by atoms with Gasteiger partial charge in [-0.15, -0.1) is 0 Å². The van der Waals surface area contributed by atoms with E-state index in [0.29, 0.717) is 5.92 Å². The number of fused-ring (bicyclic) bond motifs is 6. The number of benzene rings is 5. The maximum Gasteiger partial charge on any atom is 0.0346 e. The molecule has 0 saturated heterocycles. The molecule has 2 atom stereocenters. The van der Waals surface area contributed by atoms with E-state index in [1.54, 1.807) is 0 Å². The third-order valence-electron chi connectivity index (χ3n) is 11.9. The quantitative estimate of drug-likeness (QED) is 0.161. The molecule has 0 amide bonds. The molecular formula is C53H42N2. The lowest BCUT2D eigenvalue weighted by molar-refractivity contribution is 0.761. The fourth-order valence-electron chi connectivity index (χ4n) is 9.36. The summed E-state index contributed by atoms with van der Waals surface area (Å²) in [6.07, 6.45) is 26.1. The predicted octanol–water partition coefficient (Wildman–Crippen LogP) is 13.7. The summed E-state index contributed by atoms with van der Waals surface area (Å²) in [5, 5.41) is 7.88. The first-order chi connectivity index (χ1) is 27.2. The maximum atomic E-state index is 4.51. The number of pyridine rings is 2. The molecule has 0 aliphatic heterocycles. The van der Waals surface area contributed by atoms with Crippen molar-refractivity contribution in [1.29, 1.82) is 0 Å². The van der Waals surface area contributed by atoms with Crippen LogP contribution in [0.1, 0.15) is 66.3 Å². The van der Waals surface area contributed by atoms with Gasteiger partial charge in [-0.2, -0.15) is 0 Å². The summed E-state index contributed by atoms with van der Waals surface area (Å²) in [5.74, 6) is 0.609. The zero-order chi connectivity index (χ0) is 36.7. The second-order valence-corrected chi connectivity index (χ2v) is 15.2. The first kappa shape index (κ1) is 33.2. The fourth-order valence-corrected chi connectivity index (χ4v) is 9.36. The van der Waals surface area contributed by atoms with Gasteiger partial charge >= 0.3 is 0 Å². The van der Waals surface area contributed by atoms with Crippen LogP contribution >= 0.6 is 0 Å². The van der Waals surface area contributed by atoms with Gasteiger partial charge in [-0.25, -0.2) is 0 Å². The summed E-state index contributed by atoms with van der Waals surface area (Å²) in [6.45, 7) is 2.40. The zero-order valence-corrected chi connectivity index (χ0v) is 31.1. The van der Waals surface area contributed by atoms with E-state index in [1.807, 2.05) is 30.9 Å². The minimum absolute atomic E-state index is 0.233. The Labute approximate surface area is 323 Å². The topological polar surface area (TPSA) is 25.8 Å². The first-order valence-corrected chi connectivity index (χ1v) is 19.7. The SMILES string of the molecule is CC1CC=CC(c2ccccc2C2=C(C3=CC(c4cccnc4)=CC(c4cccnc4)C3)CCC=C2)=C1c1ccc2c3ccccc3c3ccccc3c2c1. The van der Waals surface area contributed by atoms with Crippen LogP contribution < -0.4 is 0 Å². The van der Waals surface area contributed by atoms with E-state index in [0.717, 1.165) is 31.2 Å². The summed E-state index contributed by atoms with van der Waals surface area (Å²) < 4.78 is 0. The van der Waals surface area contributed by atoms with E-state index in [-0.39, 0.29) is 5.92 Å². The van der Waals surface area contributed by atoms with Gasteiger partial charge in [0.1, 0.15) is 0 Å². The van der Waals surface area contributed by atoms with Crippen LogP contribution in [0, 0.1) is 5.92 Å². The molecular weight excluding hydrogens is 665 g/mol. The highest BCUT2D eigenvalue weighted by atomic mass is 14.6. The number of allylic oxidation sites excluding steroid dienone is 12. The summed E-state index contributed by atoms with van der Waals surface area (Å²) in [7, 11) is 0. The number of hydrogen-bond acceptors (Lipinski definition) is 2. The molecule has 55 heavy (non-hydrogen) atoms. The van der Waals surface area contributed by atoms with Crippen LogP contribution in [0.5, 0.6) is 0 Å². The van der Waals surface area contributed by atoms with Gasteiger partial charge in [-0.3, -0.25) is 9.97 Å². The monoisotopic (exact) mass is 706 g/mol. The number of rotatable bonds is 6. The molecule has 7 aromatic rings. The van der Waals surface area contributed by atoms with E-state index in [1.165, 1.54) is 88.0 Å². The van der Waals surface area contributed by atoms with Crippen LogP contribution in [-0.2, 0) is 0 Å². The second-order valence-electron chi connectivity index (χ2n) is 15.2. The molecule has 2 heterocycles. The van der Waals surface area contributed by atoms with E-state index < -0.39 is 0 Å². The van der Waals surface area contributed by atoms with Crippen LogP contribution in [0.3, 0.4) is 0 Å². The average Bonchev–Trinajstić information content (AvgIpc) is 3.27. The van der Waals surface area contributed by atoms with Gasteiger partial charge in [0.05, 0.1) is 0 Å². The Hall–Kier alpha value is -6.38. The van der Waals surface area contributed by atoms with Crippen molar-refractivity contribution in [2.75, 3.05) is 0 Å². The third kappa shape index (κ3) is 5.99.